The number of hydrogen-bond acceptors (Lipinski definition) is 7. The first-order chi connectivity index (χ1) is 13.7. The van der Waals surface area contributed by atoms with Gasteiger partial charge in [-0.2, -0.15) is 9.50 Å². The van der Waals surface area contributed by atoms with E-state index in [9.17, 15) is 9.59 Å². The third-order valence-electron chi connectivity index (χ3n) is 4.56. The van der Waals surface area contributed by atoms with Crippen molar-refractivity contribution in [3.05, 3.63) is 51.9 Å². The molecule has 9 heteroatoms. The molecule has 2 aromatic heterocycles. The molecule has 3 aromatic rings. The van der Waals surface area contributed by atoms with Crippen LogP contribution in [0.15, 0.2) is 35.1 Å². The van der Waals surface area contributed by atoms with E-state index in [2.05, 4.69) is 20.3 Å². The first kappa shape index (κ1) is 18.4. The van der Waals surface area contributed by atoms with Crippen molar-refractivity contribution in [1.29, 1.82) is 0 Å². The number of hydrogen-bond donors (Lipinski definition) is 1. The average molecular weight is 399 g/mol. The van der Waals surface area contributed by atoms with Crippen LogP contribution in [0.5, 0.6) is 5.75 Å². The molecule has 146 valence electrons. The number of amides is 1. The van der Waals surface area contributed by atoms with E-state index < -0.39 is 5.56 Å². The van der Waals surface area contributed by atoms with Gasteiger partial charge in [-0.15, -0.1) is 5.10 Å². The van der Waals surface area contributed by atoms with E-state index in [-0.39, 0.29) is 18.1 Å². The maximum atomic E-state index is 12.8. The lowest BCUT2D eigenvalue weighted by Gasteiger charge is -2.12. The topological polar surface area (TPSA) is 88.8 Å². The molecule has 1 fully saturated rings. The van der Waals surface area contributed by atoms with Gasteiger partial charge in [-0.1, -0.05) is 29.5 Å². The van der Waals surface area contributed by atoms with Crippen LogP contribution in [-0.2, 0) is 6.54 Å². The summed E-state index contributed by atoms with van der Waals surface area (Å²) in [7, 11) is 0. The number of ether oxygens (including phenoxy) is 1. The van der Waals surface area contributed by atoms with Crippen LogP contribution in [0.25, 0.3) is 4.96 Å². The third kappa shape index (κ3) is 3.70. The summed E-state index contributed by atoms with van der Waals surface area (Å²) in [4.78, 5) is 31.4. The highest BCUT2D eigenvalue weighted by atomic mass is 32.1. The van der Waals surface area contributed by atoms with Gasteiger partial charge in [-0.05, 0) is 25.8 Å². The van der Waals surface area contributed by atoms with Gasteiger partial charge >= 0.3 is 0 Å². The zero-order chi connectivity index (χ0) is 19.5. The Kier molecular flexibility index (Phi) is 5.25. The maximum absolute atomic E-state index is 12.8. The van der Waals surface area contributed by atoms with Crippen LogP contribution in [0.1, 0.15) is 35.8 Å². The molecule has 0 radical (unpaired) electrons. The number of anilines is 1. The standard InChI is InChI=1S/C19H21N5O3S/c1-2-27-15-8-4-3-7-13(15)12-20-17(26)14-11-16(25)21-18-24(14)22-19(28-18)23-9-5-6-10-23/h3-4,7-8,11H,2,5-6,9-10,12H2,1H3,(H,20,26). The molecule has 0 aliphatic carbocycles. The van der Waals surface area contributed by atoms with Crippen LogP contribution in [0.2, 0.25) is 0 Å². The number of fused-ring (bicyclic) bond motifs is 1. The number of benzene rings is 1. The summed E-state index contributed by atoms with van der Waals surface area (Å²) in [5.74, 6) is 0.353. The zero-order valence-corrected chi connectivity index (χ0v) is 16.4. The maximum Gasteiger partial charge on any atom is 0.274 e. The number of nitrogens with one attached hydrogen (secondary N) is 1. The Bertz CT molecular complexity index is 1060. The van der Waals surface area contributed by atoms with E-state index in [0.717, 1.165) is 42.4 Å². The predicted octanol–water partition coefficient (Wildman–Crippen LogP) is 2.08. The number of rotatable bonds is 6. The third-order valence-corrected chi connectivity index (χ3v) is 5.53. The predicted molar refractivity (Wildman–Crippen MR) is 107 cm³/mol. The molecular weight excluding hydrogens is 378 g/mol. The lowest BCUT2D eigenvalue weighted by atomic mass is 10.2. The Morgan fingerprint density at radius 2 is 2.07 bits per heavy atom. The second kappa shape index (κ2) is 7.97. The minimum atomic E-state index is -0.448. The summed E-state index contributed by atoms with van der Waals surface area (Å²) in [6.45, 7) is 4.61. The summed E-state index contributed by atoms with van der Waals surface area (Å²) in [5.41, 5.74) is 0.605. The van der Waals surface area contributed by atoms with Crippen molar-refractivity contribution in [2.75, 3.05) is 24.6 Å². The first-order valence-electron chi connectivity index (χ1n) is 9.30. The van der Waals surface area contributed by atoms with Crippen LogP contribution in [-0.4, -0.2) is 40.2 Å². The molecule has 4 rings (SSSR count). The smallest absolute Gasteiger partial charge is 0.274 e. The van der Waals surface area contributed by atoms with E-state index in [4.69, 9.17) is 4.74 Å². The van der Waals surface area contributed by atoms with E-state index in [0.29, 0.717) is 11.6 Å². The summed E-state index contributed by atoms with van der Waals surface area (Å²) in [6.07, 6.45) is 2.24. The lowest BCUT2D eigenvalue weighted by Crippen LogP contribution is -2.27. The second-order valence-corrected chi connectivity index (χ2v) is 7.41. The number of nitrogens with zero attached hydrogens (tertiary/aromatic N) is 4. The summed E-state index contributed by atoms with van der Waals surface area (Å²) >= 11 is 1.33. The van der Waals surface area contributed by atoms with E-state index in [1.54, 1.807) is 0 Å². The number of aromatic nitrogens is 3. The van der Waals surface area contributed by atoms with Crippen LogP contribution in [0.4, 0.5) is 5.13 Å². The monoisotopic (exact) mass is 399 g/mol. The van der Waals surface area contributed by atoms with Crippen molar-refractivity contribution >= 4 is 27.3 Å². The van der Waals surface area contributed by atoms with E-state index >= 15 is 0 Å². The van der Waals surface area contributed by atoms with Crippen LogP contribution < -0.4 is 20.5 Å². The molecule has 0 atom stereocenters. The number of carbonyl (C=O) groups is 1. The van der Waals surface area contributed by atoms with E-state index in [1.807, 2.05) is 31.2 Å². The quantitative estimate of drug-likeness (QED) is 0.683. The molecule has 28 heavy (non-hydrogen) atoms. The molecule has 1 aliphatic heterocycles. The highest BCUT2D eigenvalue weighted by Gasteiger charge is 2.20. The van der Waals surface area contributed by atoms with Crippen LogP contribution >= 0.6 is 11.3 Å². The Morgan fingerprint density at radius 1 is 1.29 bits per heavy atom. The summed E-state index contributed by atoms with van der Waals surface area (Å²) < 4.78 is 7.05. The van der Waals surface area contributed by atoms with Gasteiger partial charge in [-0.3, -0.25) is 9.59 Å². The minimum absolute atomic E-state index is 0.186. The fourth-order valence-corrected chi connectivity index (χ4v) is 4.17. The van der Waals surface area contributed by atoms with Gasteiger partial charge in [0, 0.05) is 31.3 Å². The second-order valence-electron chi connectivity index (χ2n) is 6.48. The average Bonchev–Trinajstić information content (AvgIpc) is 3.36. The fourth-order valence-electron chi connectivity index (χ4n) is 3.22. The molecule has 0 unspecified atom stereocenters. The largest absolute Gasteiger partial charge is 0.494 e. The Balaban J connectivity index is 1.59. The van der Waals surface area contributed by atoms with Crippen molar-refractivity contribution in [3.63, 3.8) is 0 Å². The zero-order valence-electron chi connectivity index (χ0n) is 15.6. The van der Waals surface area contributed by atoms with Crippen molar-refractivity contribution in [2.24, 2.45) is 0 Å². The van der Waals surface area contributed by atoms with Crippen molar-refractivity contribution in [3.8, 4) is 5.75 Å². The number of para-hydroxylation sites is 1. The minimum Gasteiger partial charge on any atom is -0.494 e. The Hall–Kier alpha value is -2.94. The Morgan fingerprint density at radius 3 is 2.86 bits per heavy atom. The highest BCUT2D eigenvalue weighted by Crippen LogP contribution is 2.25. The van der Waals surface area contributed by atoms with E-state index in [1.165, 1.54) is 21.9 Å². The molecule has 0 bridgehead atoms. The molecule has 1 aromatic carbocycles. The van der Waals surface area contributed by atoms with Gasteiger partial charge < -0.3 is 15.0 Å². The molecule has 3 heterocycles. The van der Waals surface area contributed by atoms with Crippen molar-refractivity contribution in [1.82, 2.24) is 19.9 Å². The van der Waals surface area contributed by atoms with Crippen molar-refractivity contribution < 1.29 is 9.53 Å². The van der Waals surface area contributed by atoms with Gasteiger partial charge in [0.05, 0.1) is 6.61 Å². The molecular formula is C19H21N5O3S. The summed E-state index contributed by atoms with van der Waals surface area (Å²) in [6, 6.07) is 8.76. The normalized spacial score (nSPS) is 13.8. The SMILES string of the molecule is CCOc1ccccc1CNC(=O)c1cc(=O)nc2sc(N3CCCC3)nn12. The molecule has 1 N–H and O–H groups in total. The van der Waals surface area contributed by atoms with Crippen molar-refractivity contribution in [2.45, 2.75) is 26.3 Å². The fraction of sp³-hybridized carbons (Fsp3) is 0.368. The molecule has 1 saturated heterocycles. The van der Waals surface area contributed by atoms with Gasteiger partial charge in [0.15, 0.2) is 0 Å². The first-order valence-corrected chi connectivity index (χ1v) is 10.1. The van der Waals surface area contributed by atoms with Gasteiger partial charge in [0.1, 0.15) is 11.4 Å². The molecule has 8 nitrogen and oxygen atoms in total. The molecule has 0 spiro atoms. The molecule has 1 amide bonds. The van der Waals surface area contributed by atoms with Crippen LogP contribution in [0.3, 0.4) is 0 Å². The van der Waals surface area contributed by atoms with Gasteiger partial charge in [-0.25, -0.2) is 0 Å². The Labute approximate surface area is 165 Å². The highest BCUT2D eigenvalue weighted by molar-refractivity contribution is 7.20. The van der Waals surface area contributed by atoms with Crippen LogP contribution in [0, 0.1) is 0 Å². The molecule has 1 aliphatic rings. The number of carbonyl (C=O) groups excluding carboxylic acids is 1. The molecule has 0 saturated carbocycles. The lowest BCUT2D eigenvalue weighted by molar-refractivity contribution is 0.0943. The van der Waals surface area contributed by atoms with Gasteiger partial charge in [0.25, 0.3) is 11.5 Å². The van der Waals surface area contributed by atoms with Gasteiger partial charge in [0.2, 0.25) is 10.1 Å². The summed E-state index contributed by atoms with van der Waals surface area (Å²) in [5, 5.41) is 8.17.